The van der Waals surface area contributed by atoms with Gasteiger partial charge < -0.3 is 9.84 Å². The number of aromatic nitrogens is 2. The minimum absolute atomic E-state index is 0. The van der Waals surface area contributed by atoms with Crippen molar-refractivity contribution in [1.29, 1.82) is 0 Å². The van der Waals surface area contributed by atoms with Crippen LogP contribution in [0.2, 0.25) is 5.02 Å². The number of rotatable bonds is 2. The second-order valence-corrected chi connectivity index (χ2v) is 4.14. The molecule has 0 spiro atoms. The molecule has 2 aromatic rings. The molecule has 1 N–H and O–H groups in total. The lowest BCUT2D eigenvalue weighted by atomic mass is 10.1. The van der Waals surface area contributed by atoms with E-state index in [-0.39, 0.29) is 18.4 Å². The molecule has 1 aromatic heterocycles. The van der Waals surface area contributed by atoms with Gasteiger partial charge in [0.25, 0.3) is 0 Å². The Hall–Kier alpha value is -1.10. The second kappa shape index (κ2) is 5.04. The van der Waals surface area contributed by atoms with Crippen LogP contribution in [0.3, 0.4) is 0 Å². The molecule has 0 aliphatic carbocycles. The van der Waals surface area contributed by atoms with Gasteiger partial charge in [-0.05, 0) is 25.1 Å². The fourth-order valence-corrected chi connectivity index (χ4v) is 1.85. The first-order valence-electron chi connectivity index (χ1n) is 5.16. The predicted molar refractivity (Wildman–Crippen MR) is 67.4 cm³/mol. The Balaban J connectivity index is 0.00000108. The Morgan fingerprint density at radius 3 is 2.76 bits per heavy atom. The van der Waals surface area contributed by atoms with Crippen LogP contribution in [-0.2, 0) is 0 Å². The van der Waals surface area contributed by atoms with Crippen LogP contribution in [-0.4, -0.2) is 16.7 Å². The van der Waals surface area contributed by atoms with E-state index in [1.807, 2.05) is 24.3 Å². The van der Waals surface area contributed by atoms with E-state index in [0.717, 1.165) is 18.5 Å². The fourth-order valence-electron chi connectivity index (χ4n) is 1.63. The SMILES string of the molecule is Cl.Clc1ccccc1-c1noc([C@H]2CCN2)n1. The number of benzene rings is 1. The topological polar surface area (TPSA) is 51.0 Å². The van der Waals surface area contributed by atoms with Gasteiger partial charge in [-0.25, -0.2) is 0 Å². The maximum Gasteiger partial charge on any atom is 0.244 e. The molecule has 1 aliphatic rings. The highest BCUT2D eigenvalue weighted by atomic mass is 35.5. The van der Waals surface area contributed by atoms with E-state index >= 15 is 0 Å². The highest BCUT2D eigenvalue weighted by Crippen LogP contribution is 2.27. The Labute approximate surface area is 110 Å². The van der Waals surface area contributed by atoms with Gasteiger partial charge in [-0.1, -0.05) is 28.9 Å². The van der Waals surface area contributed by atoms with E-state index in [2.05, 4.69) is 15.5 Å². The first-order valence-corrected chi connectivity index (χ1v) is 5.54. The molecule has 4 nitrogen and oxygen atoms in total. The molecule has 1 aromatic carbocycles. The van der Waals surface area contributed by atoms with Gasteiger partial charge >= 0.3 is 0 Å². The molecule has 1 fully saturated rings. The van der Waals surface area contributed by atoms with Gasteiger partial charge in [0.2, 0.25) is 11.7 Å². The smallest absolute Gasteiger partial charge is 0.244 e. The summed E-state index contributed by atoms with van der Waals surface area (Å²) in [6, 6.07) is 7.68. The van der Waals surface area contributed by atoms with Crippen molar-refractivity contribution in [1.82, 2.24) is 15.5 Å². The Morgan fingerprint density at radius 1 is 1.35 bits per heavy atom. The molecule has 0 radical (unpaired) electrons. The van der Waals surface area contributed by atoms with Crippen LogP contribution in [0.25, 0.3) is 11.4 Å². The van der Waals surface area contributed by atoms with Crippen LogP contribution in [0, 0.1) is 0 Å². The van der Waals surface area contributed by atoms with Crippen molar-refractivity contribution >= 4 is 24.0 Å². The molecule has 1 atom stereocenters. The van der Waals surface area contributed by atoms with Crippen LogP contribution in [0.5, 0.6) is 0 Å². The summed E-state index contributed by atoms with van der Waals surface area (Å²) in [5, 5.41) is 7.79. The van der Waals surface area contributed by atoms with Gasteiger partial charge in [0, 0.05) is 5.56 Å². The number of hydrogen-bond acceptors (Lipinski definition) is 4. The molecule has 0 amide bonds. The maximum atomic E-state index is 6.06. The Kier molecular flexibility index (Phi) is 3.66. The third-order valence-corrected chi connectivity index (χ3v) is 3.01. The van der Waals surface area contributed by atoms with Crippen LogP contribution in [0.15, 0.2) is 28.8 Å². The van der Waals surface area contributed by atoms with E-state index < -0.39 is 0 Å². The quantitative estimate of drug-likeness (QED) is 0.913. The Morgan fingerprint density at radius 2 is 2.12 bits per heavy atom. The van der Waals surface area contributed by atoms with Gasteiger partial charge in [0.1, 0.15) is 0 Å². The van der Waals surface area contributed by atoms with Gasteiger partial charge in [-0.3, -0.25) is 0 Å². The molecule has 1 aliphatic heterocycles. The fraction of sp³-hybridized carbons (Fsp3) is 0.273. The van der Waals surface area contributed by atoms with Gasteiger partial charge in [-0.15, -0.1) is 12.4 Å². The number of hydrogen-bond donors (Lipinski definition) is 1. The lowest BCUT2D eigenvalue weighted by molar-refractivity contribution is 0.273. The van der Waals surface area contributed by atoms with Crippen molar-refractivity contribution in [3.05, 3.63) is 35.2 Å². The van der Waals surface area contributed by atoms with Crippen molar-refractivity contribution in [3.8, 4) is 11.4 Å². The first kappa shape index (κ1) is 12.4. The third-order valence-electron chi connectivity index (χ3n) is 2.68. The molecule has 0 bridgehead atoms. The number of halogens is 2. The molecule has 0 saturated carbocycles. The van der Waals surface area contributed by atoms with Gasteiger partial charge in [0.05, 0.1) is 11.1 Å². The highest BCUT2D eigenvalue weighted by Gasteiger charge is 2.25. The second-order valence-electron chi connectivity index (χ2n) is 3.73. The zero-order valence-electron chi connectivity index (χ0n) is 8.89. The van der Waals surface area contributed by atoms with E-state index in [1.54, 1.807) is 0 Å². The largest absolute Gasteiger partial charge is 0.337 e. The normalized spacial score (nSPS) is 18.3. The molecular formula is C11H11Cl2N3O. The van der Waals surface area contributed by atoms with Gasteiger partial charge in [-0.2, -0.15) is 4.98 Å². The summed E-state index contributed by atoms with van der Waals surface area (Å²) in [4.78, 5) is 4.34. The van der Waals surface area contributed by atoms with Crippen molar-refractivity contribution < 1.29 is 4.52 Å². The minimum Gasteiger partial charge on any atom is -0.337 e. The lowest BCUT2D eigenvalue weighted by Crippen LogP contribution is -2.35. The first-order chi connectivity index (χ1) is 7.84. The highest BCUT2D eigenvalue weighted by molar-refractivity contribution is 6.33. The van der Waals surface area contributed by atoms with Crippen LogP contribution in [0.1, 0.15) is 18.4 Å². The van der Waals surface area contributed by atoms with E-state index in [9.17, 15) is 0 Å². The average Bonchev–Trinajstić information content (AvgIpc) is 2.65. The zero-order chi connectivity index (χ0) is 11.0. The summed E-state index contributed by atoms with van der Waals surface area (Å²) in [5.41, 5.74) is 0.804. The number of nitrogens with one attached hydrogen (secondary N) is 1. The maximum absolute atomic E-state index is 6.06. The number of nitrogens with zero attached hydrogens (tertiary/aromatic N) is 2. The third kappa shape index (κ3) is 2.29. The van der Waals surface area contributed by atoms with E-state index in [1.165, 1.54) is 0 Å². The van der Waals surface area contributed by atoms with Crippen LogP contribution < -0.4 is 5.32 Å². The van der Waals surface area contributed by atoms with Crippen molar-refractivity contribution in [3.63, 3.8) is 0 Å². The van der Waals surface area contributed by atoms with Crippen LogP contribution in [0.4, 0.5) is 0 Å². The summed E-state index contributed by atoms with van der Waals surface area (Å²) in [5.74, 6) is 1.19. The molecule has 1 saturated heterocycles. The summed E-state index contributed by atoms with van der Waals surface area (Å²) < 4.78 is 5.20. The summed E-state index contributed by atoms with van der Waals surface area (Å²) in [7, 11) is 0. The molecular weight excluding hydrogens is 261 g/mol. The molecule has 90 valence electrons. The molecule has 3 rings (SSSR count). The minimum atomic E-state index is 0. The van der Waals surface area contributed by atoms with Crippen molar-refractivity contribution in [2.24, 2.45) is 0 Å². The monoisotopic (exact) mass is 271 g/mol. The average molecular weight is 272 g/mol. The summed E-state index contributed by atoms with van der Waals surface area (Å²) >= 11 is 6.06. The molecule has 17 heavy (non-hydrogen) atoms. The Bertz CT molecular complexity index is 511. The molecule has 2 heterocycles. The standard InChI is InChI=1S/C11H10ClN3O.ClH/c12-8-4-2-1-3-7(8)10-14-11(16-15-10)9-5-6-13-9;/h1-4,9,13H,5-6H2;1H/t9-;/m1./s1. The van der Waals surface area contributed by atoms with Crippen molar-refractivity contribution in [2.75, 3.05) is 6.54 Å². The van der Waals surface area contributed by atoms with Gasteiger partial charge in [0.15, 0.2) is 0 Å². The van der Waals surface area contributed by atoms with E-state index in [4.69, 9.17) is 16.1 Å². The molecule has 0 unspecified atom stereocenters. The summed E-state index contributed by atoms with van der Waals surface area (Å²) in [6.07, 6.45) is 1.05. The molecule has 6 heteroatoms. The van der Waals surface area contributed by atoms with Crippen LogP contribution >= 0.6 is 24.0 Å². The lowest BCUT2D eigenvalue weighted by Gasteiger charge is -2.23. The van der Waals surface area contributed by atoms with Crippen molar-refractivity contribution in [2.45, 2.75) is 12.5 Å². The predicted octanol–water partition coefficient (Wildman–Crippen LogP) is 2.85. The zero-order valence-corrected chi connectivity index (χ0v) is 10.5. The van der Waals surface area contributed by atoms with E-state index in [0.29, 0.717) is 16.7 Å². The summed E-state index contributed by atoms with van der Waals surface area (Å²) in [6.45, 7) is 1.01.